The number of carbonyl (C=O) groups is 1. The van der Waals surface area contributed by atoms with Gasteiger partial charge in [0, 0.05) is 10.8 Å². The zero-order valence-corrected chi connectivity index (χ0v) is 9.41. The number of thiophene rings is 1. The Morgan fingerprint density at radius 3 is 2.76 bits per heavy atom. The summed E-state index contributed by atoms with van der Waals surface area (Å²) in [6, 6.07) is 3.59. The Balaban J connectivity index is 2.62. The highest BCUT2D eigenvalue weighted by Gasteiger charge is 2.18. The van der Waals surface area contributed by atoms with E-state index in [1.54, 1.807) is 0 Å². The molecule has 0 N–H and O–H groups in total. The van der Waals surface area contributed by atoms with Crippen LogP contribution in [0.15, 0.2) is 18.2 Å². The van der Waals surface area contributed by atoms with Crippen molar-refractivity contribution in [3.8, 4) is 0 Å². The Hall–Kier alpha value is -2.02. The number of carbonyl (C=O) groups excluding carboxylic acids is 1. The highest BCUT2D eigenvalue weighted by atomic mass is 32.1. The van der Waals surface area contributed by atoms with Gasteiger partial charge in [0.05, 0.1) is 12.0 Å². The second-order valence-electron chi connectivity index (χ2n) is 3.20. The number of ether oxygens (including phenoxy) is 1. The Morgan fingerprint density at radius 2 is 2.18 bits per heavy atom. The van der Waals surface area contributed by atoms with Gasteiger partial charge in [0.15, 0.2) is 0 Å². The van der Waals surface area contributed by atoms with Crippen LogP contribution in [0.25, 0.3) is 10.1 Å². The molecule has 0 saturated carbocycles. The highest BCUT2D eigenvalue weighted by molar-refractivity contribution is 7.20. The summed E-state index contributed by atoms with van der Waals surface area (Å²) in [5.74, 6) is -1.47. The first-order valence-electron chi connectivity index (χ1n) is 4.48. The number of halogens is 1. The lowest BCUT2D eigenvalue weighted by Crippen LogP contribution is -1.96. The third-order valence-electron chi connectivity index (χ3n) is 2.17. The monoisotopic (exact) mass is 255 g/mol. The molecule has 0 fully saturated rings. The number of nitro groups is 1. The standard InChI is InChI=1S/C10H6FNO4S/c1-16-10(13)9-3-5-2-6(11)7(12(14)15)4-8(5)17-9/h2-4H,1H3. The lowest BCUT2D eigenvalue weighted by atomic mass is 10.2. The number of nitro benzene ring substituents is 1. The van der Waals surface area contributed by atoms with Gasteiger partial charge < -0.3 is 4.74 Å². The maximum atomic E-state index is 13.3. The van der Waals surface area contributed by atoms with Crippen LogP contribution in [0.2, 0.25) is 0 Å². The van der Waals surface area contributed by atoms with Gasteiger partial charge in [-0.25, -0.2) is 4.79 Å². The fourth-order valence-corrected chi connectivity index (χ4v) is 2.39. The Morgan fingerprint density at radius 1 is 1.47 bits per heavy atom. The fraction of sp³-hybridized carbons (Fsp3) is 0.100. The molecule has 1 heterocycles. The van der Waals surface area contributed by atoms with E-state index >= 15 is 0 Å². The Kier molecular flexibility index (Phi) is 2.76. The second-order valence-corrected chi connectivity index (χ2v) is 4.28. The van der Waals surface area contributed by atoms with E-state index in [9.17, 15) is 19.3 Å². The number of rotatable bonds is 2. The molecule has 1 aromatic carbocycles. The van der Waals surface area contributed by atoms with Crippen molar-refractivity contribution in [2.24, 2.45) is 0 Å². The second kappa shape index (κ2) is 4.10. The molecule has 0 aliphatic carbocycles. The number of esters is 1. The third-order valence-corrected chi connectivity index (χ3v) is 3.25. The van der Waals surface area contributed by atoms with Crippen LogP contribution >= 0.6 is 11.3 Å². The van der Waals surface area contributed by atoms with Crippen LogP contribution < -0.4 is 0 Å². The van der Waals surface area contributed by atoms with Gasteiger partial charge in [-0.05, 0) is 17.5 Å². The van der Waals surface area contributed by atoms with E-state index in [-0.39, 0.29) is 4.88 Å². The molecule has 0 bridgehead atoms. The lowest BCUT2D eigenvalue weighted by Gasteiger charge is -1.93. The van der Waals surface area contributed by atoms with Gasteiger partial charge in [-0.3, -0.25) is 10.1 Å². The summed E-state index contributed by atoms with van der Waals surface area (Å²) in [4.78, 5) is 21.3. The molecule has 0 saturated heterocycles. The Labute approximate surface area is 98.6 Å². The topological polar surface area (TPSA) is 69.4 Å². The van der Waals surface area contributed by atoms with Crippen molar-refractivity contribution in [1.29, 1.82) is 0 Å². The van der Waals surface area contributed by atoms with Crippen LogP contribution in [-0.2, 0) is 4.74 Å². The molecule has 0 amide bonds. The first-order valence-corrected chi connectivity index (χ1v) is 5.30. The molecule has 88 valence electrons. The van der Waals surface area contributed by atoms with Gasteiger partial charge in [0.25, 0.3) is 0 Å². The minimum atomic E-state index is -0.920. The predicted octanol–water partition coefficient (Wildman–Crippen LogP) is 2.74. The smallest absolute Gasteiger partial charge is 0.348 e. The average molecular weight is 255 g/mol. The lowest BCUT2D eigenvalue weighted by molar-refractivity contribution is -0.387. The fourth-order valence-electron chi connectivity index (χ4n) is 1.39. The number of nitrogens with zero attached hydrogens (tertiary/aromatic N) is 1. The summed E-state index contributed by atoms with van der Waals surface area (Å²) >= 11 is 1.02. The van der Waals surface area contributed by atoms with E-state index in [4.69, 9.17) is 0 Å². The van der Waals surface area contributed by atoms with E-state index in [0.29, 0.717) is 10.1 Å². The normalized spacial score (nSPS) is 10.5. The summed E-state index contributed by atoms with van der Waals surface area (Å²) in [7, 11) is 1.23. The molecule has 2 aromatic rings. The summed E-state index contributed by atoms with van der Waals surface area (Å²) in [5, 5.41) is 11.0. The first-order chi connectivity index (χ1) is 8.02. The zero-order valence-electron chi connectivity index (χ0n) is 8.60. The number of hydrogen-bond acceptors (Lipinski definition) is 5. The van der Waals surface area contributed by atoms with Gasteiger partial charge in [-0.2, -0.15) is 4.39 Å². The summed E-state index contributed by atoms with van der Waals surface area (Å²) in [6.45, 7) is 0. The zero-order chi connectivity index (χ0) is 12.6. The SMILES string of the molecule is COC(=O)c1cc2cc(F)c([N+](=O)[O-])cc2s1. The molecule has 0 atom stereocenters. The van der Waals surface area contributed by atoms with Crippen molar-refractivity contribution in [1.82, 2.24) is 0 Å². The number of benzene rings is 1. The van der Waals surface area contributed by atoms with E-state index in [0.717, 1.165) is 23.5 Å². The van der Waals surface area contributed by atoms with Crippen LogP contribution in [0.3, 0.4) is 0 Å². The molecule has 5 nitrogen and oxygen atoms in total. The molecule has 7 heteroatoms. The van der Waals surface area contributed by atoms with Gasteiger partial charge in [-0.1, -0.05) is 0 Å². The Bertz CT molecular complexity index is 622. The summed E-state index contributed by atoms with van der Waals surface area (Å²) in [5.41, 5.74) is -0.601. The van der Waals surface area contributed by atoms with Crippen molar-refractivity contribution < 1.29 is 18.8 Å². The van der Waals surface area contributed by atoms with Crippen molar-refractivity contribution in [3.05, 3.63) is 39.0 Å². The summed E-state index contributed by atoms with van der Waals surface area (Å²) < 4.78 is 18.3. The number of hydrogen-bond donors (Lipinski definition) is 0. The molecule has 0 spiro atoms. The van der Waals surface area contributed by atoms with E-state index < -0.39 is 22.4 Å². The maximum Gasteiger partial charge on any atom is 0.348 e. The molecule has 1 aromatic heterocycles. The van der Waals surface area contributed by atoms with Crippen LogP contribution in [0, 0.1) is 15.9 Å². The highest BCUT2D eigenvalue weighted by Crippen LogP contribution is 2.31. The van der Waals surface area contributed by atoms with Crippen molar-refractivity contribution in [3.63, 3.8) is 0 Å². The quantitative estimate of drug-likeness (QED) is 0.470. The number of methoxy groups -OCH3 is 1. The molecule has 0 radical (unpaired) electrons. The van der Waals surface area contributed by atoms with Crippen molar-refractivity contribution >= 4 is 33.1 Å². The van der Waals surface area contributed by atoms with Gasteiger partial charge in [0.2, 0.25) is 5.82 Å². The minimum Gasteiger partial charge on any atom is -0.465 e. The van der Waals surface area contributed by atoms with Gasteiger partial charge in [-0.15, -0.1) is 11.3 Å². The van der Waals surface area contributed by atoms with E-state index in [1.165, 1.54) is 13.2 Å². The van der Waals surface area contributed by atoms with E-state index in [2.05, 4.69) is 4.74 Å². The molecule has 0 unspecified atom stereocenters. The van der Waals surface area contributed by atoms with Gasteiger partial charge in [0.1, 0.15) is 4.88 Å². The maximum absolute atomic E-state index is 13.3. The van der Waals surface area contributed by atoms with Crippen LogP contribution in [0.4, 0.5) is 10.1 Å². The average Bonchev–Trinajstić information content (AvgIpc) is 2.69. The molecular weight excluding hydrogens is 249 g/mol. The molecule has 2 rings (SSSR count). The van der Waals surface area contributed by atoms with E-state index in [1.807, 2.05) is 0 Å². The van der Waals surface area contributed by atoms with Crippen molar-refractivity contribution in [2.75, 3.05) is 7.11 Å². The van der Waals surface area contributed by atoms with Crippen LogP contribution in [0.1, 0.15) is 9.67 Å². The van der Waals surface area contributed by atoms with Gasteiger partial charge >= 0.3 is 11.7 Å². The molecule has 0 aliphatic heterocycles. The molecule has 17 heavy (non-hydrogen) atoms. The summed E-state index contributed by atoms with van der Waals surface area (Å²) in [6.07, 6.45) is 0. The third kappa shape index (κ3) is 1.96. The van der Waals surface area contributed by atoms with Crippen LogP contribution in [-0.4, -0.2) is 18.0 Å². The van der Waals surface area contributed by atoms with Crippen molar-refractivity contribution in [2.45, 2.75) is 0 Å². The molecular formula is C10H6FNO4S. The predicted molar refractivity (Wildman–Crippen MR) is 59.8 cm³/mol. The van der Waals surface area contributed by atoms with Crippen LogP contribution in [0.5, 0.6) is 0 Å². The minimum absolute atomic E-state index is 0.280. The first kappa shape index (κ1) is 11.5. The number of fused-ring (bicyclic) bond motifs is 1. The molecule has 0 aliphatic rings. The largest absolute Gasteiger partial charge is 0.465 e.